The van der Waals surface area contributed by atoms with Gasteiger partial charge in [-0.3, -0.25) is 0 Å². The van der Waals surface area contributed by atoms with Crippen LogP contribution in [0.1, 0.15) is 20.8 Å². The van der Waals surface area contributed by atoms with Crippen LogP contribution in [0.3, 0.4) is 0 Å². The van der Waals surface area contributed by atoms with Crippen LogP contribution in [0.2, 0.25) is 0 Å². The summed E-state index contributed by atoms with van der Waals surface area (Å²) in [7, 11) is 0. The molecule has 21 heavy (non-hydrogen) atoms. The number of nitrogens with two attached hydrogens (primary N) is 1. The van der Waals surface area contributed by atoms with Crippen LogP contribution >= 0.6 is 0 Å². The van der Waals surface area contributed by atoms with E-state index in [4.69, 9.17) is 19.9 Å². The highest BCUT2D eigenvalue weighted by atomic mass is 16.5. The average Bonchev–Trinajstić information content (AvgIpc) is 2.44. The standard InChI is InChI=1S/C16H20N2O3/c1-4-19-13-7-5-6-8-14(13)21-15-10-9-12(17)16(18-15)20-11(2)3/h5-11H,4,17H2,1-3H3. The first kappa shape index (κ1) is 15.0. The third-order valence-corrected chi connectivity index (χ3v) is 2.58. The third-order valence-electron chi connectivity index (χ3n) is 2.58. The average molecular weight is 288 g/mol. The second-order valence-electron chi connectivity index (χ2n) is 4.69. The fraction of sp³-hybridized carbons (Fsp3) is 0.312. The Hall–Kier alpha value is -2.43. The number of hydrogen-bond donors (Lipinski definition) is 1. The summed E-state index contributed by atoms with van der Waals surface area (Å²) in [5.74, 6) is 2.06. The van der Waals surface area contributed by atoms with E-state index in [9.17, 15) is 0 Å². The summed E-state index contributed by atoms with van der Waals surface area (Å²) >= 11 is 0. The van der Waals surface area contributed by atoms with Crippen LogP contribution < -0.4 is 19.9 Å². The van der Waals surface area contributed by atoms with Crippen molar-refractivity contribution in [3.63, 3.8) is 0 Å². The molecule has 1 aromatic carbocycles. The van der Waals surface area contributed by atoms with E-state index >= 15 is 0 Å². The van der Waals surface area contributed by atoms with Gasteiger partial charge in [-0.1, -0.05) is 12.1 Å². The number of nitrogens with zero attached hydrogens (tertiary/aromatic N) is 1. The Bertz CT molecular complexity index is 600. The molecule has 0 fully saturated rings. The smallest absolute Gasteiger partial charge is 0.240 e. The third kappa shape index (κ3) is 4.02. The molecule has 0 aliphatic carbocycles. The van der Waals surface area contributed by atoms with Gasteiger partial charge in [0.1, 0.15) is 0 Å². The van der Waals surface area contributed by atoms with Crippen LogP contribution in [-0.4, -0.2) is 17.7 Å². The molecule has 0 radical (unpaired) electrons. The molecule has 0 saturated carbocycles. The van der Waals surface area contributed by atoms with Crippen molar-refractivity contribution in [3.05, 3.63) is 36.4 Å². The second-order valence-corrected chi connectivity index (χ2v) is 4.69. The Labute approximate surface area is 124 Å². The zero-order chi connectivity index (χ0) is 15.2. The summed E-state index contributed by atoms with van der Waals surface area (Å²) in [5.41, 5.74) is 6.32. The molecule has 0 saturated heterocycles. The monoisotopic (exact) mass is 288 g/mol. The maximum absolute atomic E-state index is 5.84. The van der Waals surface area contributed by atoms with E-state index in [0.717, 1.165) is 0 Å². The Morgan fingerprint density at radius 3 is 2.48 bits per heavy atom. The summed E-state index contributed by atoms with van der Waals surface area (Å²) in [5, 5.41) is 0. The van der Waals surface area contributed by atoms with Gasteiger partial charge >= 0.3 is 0 Å². The van der Waals surface area contributed by atoms with Crippen molar-refractivity contribution >= 4 is 5.69 Å². The molecule has 5 heteroatoms. The van der Waals surface area contributed by atoms with E-state index in [1.165, 1.54) is 0 Å². The molecule has 1 heterocycles. The van der Waals surface area contributed by atoms with Gasteiger partial charge in [-0.15, -0.1) is 0 Å². The maximum Gasteiger partial charge on any atom is 0.240 e. The molecule has 5 nitrogen and oxygen atoms in total. The summed E-state index contributed by atoms with van der Waals surface area (Å²) < 4.78 is 16.8. The molecule has 0 bridgehead atoms. The van der Waals surface area contributed by atoms with Gasteiger partial charge in [0.15, 0.2) is 11.5 Å². The number of pyridine rings is 1. The minimum absolute atomic E-state index is 0.00855. The number of hydrogen-bond acceptors (Lipinski definition) is 5. The van der Waals surface area contributed by atoms with Crippen molar-refractivity contribution < 1.29 is 14.2 Å². The van der Waals surface area contributed by atoms with Gasteiger partial charge in [0.05, 0.1) is 18.4 Å². The number of para-hydroxylation sites is 2. The van der Waals surface area contributed by atoms with Crippen LogP contribution in [0.4, 0.5) is 5.69 Å². The second kappa shape index (κ2) is 6.83. The van der Waals surface area contributed by atoms with Crippen LogP contribution in [0.25, 0.3) is 0 Å². The maximum atomic E-state index is 5.84. The van der Waals surface area contributed by atoms with Crippen molar-refractivity contribution in [2.75, 3.05) is 12.3 Å². The van der Waals surface area contributed by atoms with Gasteiger partial charge in [0, 0.05) is 6.07 Å². The number of ether oxygens (including phenoxy) is 3. The highest BCUT2D eigenvalue weighted by molar-refractivity contribution is 5.50. The van der Waals surface area contributed by atoms with Gasteiger partial charge in [-0.25, -0.2) is 0 Å². The molecule has 0 atom stereocenters. The Morgan fingerprint density at radius 1 is 1.10 bits per heavy atom. The van der Waals surface area contributed by atoms with E-state index in [1.807, 2.05) is 45.0 Å². The largest absolute Gasteiger partial charge is 0.490 e. The molecular formula is C16H20N2O3. The Morgan fingerprint density at radius 2 is 1.81 bits per heavy atom. The summed E-state index contributed by atoms with van der Waals surface area (Å²) in [6.07, 6.45) is -0.00855. The molecule has 0 aliphatic heterocycles. The lowest BCUT2D eigenvalue weighted by atomic mass is 10.3. The minimum atomic E-state index is -0.00855. The van der Waals surface area contributed by atoms with E-state index in [2.05, 4.69) is 4.98 Å². The van der Waals surface area contributed by atoms with E-state index in [-0.39, 0.29) is 6.10 Å². The van der Waals surface area contributed by atoms with Gasteiger partial charge < -0.3 is 19.9 Å². The van der Waals surface area contributed by atoms with Crippen molar-refractivity contribution in [1.29, 1.82) is 0 Å². The zero-order valence-electron chi connectivity index (χ0n) is 12.5. The molecular weight excluding hydrogens is 268 g/mol. The number of nitrogen functional groups attached to an aromatic ring is 1. The zero-order valence-corrected chi connectivity index (χ0v) is 12.5. The molecule has 0 aliphatic rings. The fourth-order valence-corrected chi connectivity index (χ4v) is 1.73. The van der Waals surface area contributed by atoms with Crippen LogP contribution in [-0.2, 0) is 0 Å². The van der Waals surface area contributed by atoms with Gasteiger partial charge in [0.2, 0.25) is 11.8 Å². The van der Waals surface area contributed by atoms with Crippen LogP contribution in [0, 0.1) is 0 Å². The molecule has 2 aromatic rings. The van der Waals surface area contributed by atoms with Crippen molar-refractivity contribution in [3.8, 4) is 23.3 Å². The first-order valence-corrected chi connectivity index (χ1v) is 6.93. The topological polar surface area (TPSA) is 66.6 Å². The Balaban J connectivity index is 2.23. The van der Waals surface area contributed by atoms with Crippen molar-refractivity contribution in [2.24, 2.45) is 0 Å². The molecule has 2 rings (SSSR count). The summed E-state index contributed by atoms with van der Waals surface area (Å²) in [4.78, 5) is 4.28. The predicted octanol–water partition coefficient (Wildman–Crippen LogP) is 3.64. The first-order valence-electron chi connectivity index (χ1n) is 6.93. The summed E-state index contributed by atoms with van der Waals surface area (Å²) in [6.45, 7) is 6.32. The van der Waals surface area contributed by atoms with Gasteiger partial charge in [-0.2, -0.15) is 4.98 Å². The molecule has 2 N–H and O–H groups in total. The van der Waals surface area contributed by atoms with Crippen LogP contribution in [0.15, 0.2) is 36.4 Å². The summed E-state index contributed by atoms with van der Waals surface area (Å²) in [6, 6.07) is 10.9. The number of benzene rings is 1. The number of anilines is 1. The van der Waals surface area contributed by atoms with Gasteiger partial charge in [-0.05, 0) is 39.0 Å². The predicted molar refractivity (Wildman–Crippen MR) is 82.1 cm³/mol. The fourth-order valence-electron chi connectivity index (χ4n) is 1.73. The minimum Gasteiger partial charge on any atom is -0.490 e. The van der Waals surface area contributed by atoms with E-state index in [0.29, 0.717) is 35.6 Å². The van der Waals surface area contributed by atoms with Crippen LogP contribution in [0.5, 0.6) is 23.3 Å². The molecule has 0 spiro atoms. The number of rotatable bonds is 6. The highest BCUT2D eigenvalue weighted by Gasteiger charge is 2.10. The SMILES string of the molecule is CCOc1ccccc1Oc1ccc(N)c(OC(C)C)n1. The quantitative estimate of drug-likeness (QED) is 0.879. The van der Waals surface area contributed by atoms with Crippen molar-refractivity contribution in [1.82, 2.24) is 4.98 Å². The molecule has 0 amide bonds. The Kier molecular flexibility index (Phi) is 4.87. The molecule has 0 unspecified atom stereocenters. The molecule has 1 aromatic heterocycles. The van der Waals surface area contributed by atoms with Gasteiger partial charge in [0.25, 0.3) is 0 Å². The lowest BCUT2D eigenvalue weighted by Gasteiger charge is -2.14. The van der Waals surface area contributed by atoms with E-state index in [1.54, 1.807) is 12.1 Å². The van der Waals surface area contributed by atoms with Crippen molar-refractivity contribution in [2.45, 2.75) is 26.9 Å². The lowest BCUT2D eigenvalue weighted by Crippen LogP contribution is -2.09. The normalized spacial score (nSPS) is 10.5. The van der Waals surface area contributed by atoms with E-state index < -0.39 is 0 Å². The molecule has 112 valence electrons. The lowest BCUT2D eigenvalue weighted by molar-refractivity contribution is 0.231. The first-order chi connectivity index (χ1) is 10.1. The highest BCUT2D eigenvalue weighted by Crippen LogP contribution is 2.32. The number of aromatic nitrogens is 1.